The van der Waals surface area contributed by atoms with Crippen molar-refractivity contribution in [3.63, 3.8) is 0 Å². The molecule has 0 fully saturated rings. The standard InChI is InChI=1S/C14H9Cl3N4O/c1-7-11(14(22)20-10-3-2-4-18-12(10)17)21-6-8(15)5-9(16)13(21)19-7/h2-6H,1H3,(H,20,22). The van der Waals surface area contributed by atoms with Crippen LogP contribution in [0.15, 0.2) is 30.6 Å². The summed E-state index contributed by atoms with van der Waals surface area (Å²) in [7, 11) is 0. The molecule has 0 aliphatic carbocycles. The monoisotopic (exact) mass is 354 g/mol. The van der Waals surface area contributed by atoms with E-state index in [0.29, 0.717) is 32.8 Å². The second-order valence-corrected chi connectivity index (χ2v) is 5.74. The smallest absolute Gasteiger partial charge is 0.274 e. The van der Waals surface area contributed by atoms with Crippen LogP contribution in [0.4, 0.5) is 5.69 Å². The number of hydrogen-bond acceptors (Lipinski definition) is 3. The molecule has 8 heteroatoms. The van der Waals surface area contributed by atoms with Gasteiger partial charge in [-0.3, -0.25) is 9.20 Å². The van der Waals surface area contributed by atoms with E-state index in [-0.39, 0.29) is 11.1 Å². The molecule has 0 saturated heterocycles. The Morgan fingerprint density at radius 2 is 2.09 bits per heavy atom. The summed E-state index contributed by atoms with van der Waals surface area (Å²) < 4.78 is 1.56. The van der Waals surface area contributed by atoms with E-state index in [4.69, 9.17) is 34.8 Å². The molecule has 5 nitrogen and oxygen atoms in total. The van der Waals surface area contributed by atoms with E-state index < -0.39 is 0 Å². The number of aromatic nitrogens is 3. The highest BCUT2D eigenvalue weighted by molar-refractivity contribution is 6.36. The molecule has 1 amide bonds. The molecule has 3 rings (SSSR count). The van der Waals surface area contributed by atoms with Crippen molar-refractivity contribution in [2.45, 2.75) is 6.92 Å². The maximum atomic E-state index is 12.5. The molecule has 0 aromatic carbocycles. The quantitative estimate of drug-likeness (QED) is 0.699. The molecule has 0 atom stereocenters. The van der Waals surface area contributed by atoms with Crippen molar-refractivity contribution in [2.24, 2.45) is 0 Å². The van der Waals surface area contributed by atoms with Crippen LogP contribution >= 0.6 is 34.8 Å². The highest BCUT2D eigenvalue weighted by Crippen LogP contribution is 2.25. The number of hydrogen-bond donors (Lipinski definition) is 1. The molecule has 0 saturated carbocycles. The highest BCUT2D eigenvalue weighted by atomic mass is 35.5. The molecule has 0 unspecified atom stereocenters. The van der Waals surface area contributed by atoms with Gasteiger partial charge in [-0.25, -0.2) is 9.97 Å². The van der Waals surface area contributed by atoms with Crippen molar-refractivity contribution in [1.29, 1.82) is 0 Å². The Bertz CT molecular complexity index is 891. The number of nitrogens with one attached hydrogen (secondary N) is 1. The first kappa shape index (κ1) is 15.1. The lowest BCUT2D eigenvalue weighted by atomic mass is 10.3. The normalized spacial score (nSPS) is 10.9. The second-order valence-electron chi connectivity index (χ2n) is 4.54. The van der Waals surface area contributed by atoms with E-state index in [0.717, 1.165) is 0 Å². The number of amides is 1. The van der Waals surface area contributed by atoms with Crippen molar-refractivity contribution in [1.82, 2.24) is 14.4 Å². The van der Waals surface area contributed by atoms with Crippen LogP contribution in [0.1, 0.15) is 16.2 Å². The number of nitrogens with zero attached hydrogens (tertiary/aromatic N) is 3. The molecule has 1 N–H and O–H groups in total. The van der Waals surface area contributed by atoms with Gasteiger partial charge in [0.05, 0.1) is 21.4 Å². The van der Waals surface area contributed by atoms with Gasteiger partial charge in [-0.2, -0.15) is 0 Å². The maximum absolute atomic E-state index is 12.5. The van der Waals surface area contributed by atoms with Crippen molar-refractivity contribution >= 4 is 52.0 Å². The zero-order valence-electron chi connectivity index (χ0n) is 11.3. The Morgan fingerprint density at radius 1 is 1.32 bits per heavy atom. The van der Waals surface area contributed by atoms with Gasteiger partial charge in [0.25, 0.3) is 5.91 Å². The maximum Gasteiger partial charge on any atom is 0.274 e. The molecule has 3 aromatic rings. The number of rotatable bonds is 2. The van der Waals surface area contributed by atoms with Crippen LogP contribution in [-0.4, -0.2) is 20.3 Å². The third-order valence-corrected chi connectivity index (χ3v) is 3.82. The zero-order valence-corrected chi connectivity index (χ0v) is 13.5. The van der Waals surface area contributed by atoms with Gasteiger partial charge in [-0.15, -0.1) is 0 Å². The average molecular weight is 356 g/mol. The molecule has 0 radical (unpaired) electrons. The summed E-state index contributed by atoms with van der Waals surface area (Å²) >= 11 is 18.1. The molecule has 0 spiro atoms. The van der Waals surface area contributed by atoms with Crippen molar-refractivity contribution in [3.05, 3.63) is 57.2 Å². The molecule has 3 aromatic heterocycles. The zero-order chi connectivity index (χ0) is 15.9. The first-order valence-electron chi connectivity index (χ1n) is 6.23. The number of halogens is 3. The minimum atomic E-state index is -0.377. The summed E-state index contributed by atoms with van der Waals surface area (Å²) in [4.78, 5) is 20.8. The van der Waals surface area contributed by atoms with Crippen LogP contribution in [-0.2, 0) is 0 Å². The Labute approximate surface area is 140 Å². The topological polar surface area (TPSA) is 59.3 Å². The van der Waals surface area contributed by atoms with Gasteiger partial charge in [0, 0.05) is 12.4 Å². The van der Waals surface area contributed by atoms with Gasteiger partial charge in [0.2, 0.25) is 0 Å². The lowest BCUT2D eigenvalue weighted by Crippen LogP contribution is -2.16. The predicted molar refractivity (Wildman–Crippen MR) is 87.1 cm³/mol. The van der Waals surface area contributed by atoms with Crippen LogP contribution < -0.4 is 5.32 Å². The van der Waals surface area contributed by atoms with E-state index in [2.05, 4.69) is 15.3 Å². The van der Waals surface area contributed by atoms with E-state index in [1.165, 1.54) is 6.20 Å². The Morgan fingerprint density at radius 3 is 2.82 bits per heavy atom. The molecular weight excluding hydrogens is 347 g/mol. The lowest BCUT2D eigenvalue weighted by Gasteiger charge is -2.07. The van der Waals surface area contributed by atoms with E-state index in [1.54, 1.807) is 35.7 Å². The van der Waals surface area contributed by atoms with Crippen molar-refractivity contribution < 1.29 is 4.79 Å². The third-order valence-electron chi connectivity index (χ3n) is 3.04. The van der Waals surface area contributed by atoms with Gasteiger partial charge in [-0.05, 0) is 25.1 Å². The number of imidazole rings is 1. The van der Waals surface area contributed by atoms with Gasteiger partial charge in [-0.1, -0.05) is 34.8 Å². The molecule has 0 aliphatic heterocycles. The van der Waals surface area contributed by atoms with Crippen molar-refractivity contribution in [3.8, 4) is 0 Å². The van der Waals surface area contributed by atoms with Crippen LogP contribution in [0.3, 0.4) is 0 Å². The minimum Gasteiger partial charge on any atom is -0.318 e. The number of fused-ring (bicyclic) bond motifs is 1. The van der Waals surface area contributed by atoms with Crippen LogP contribution in [0, 0.1) is 6.92 Å². The summed E-state index contributed by atoms with van der Waals surface area (Å²) in [6, 6.07) is 4.91. The molecule has 22 heavy (non-hydrogen) atoms. The average Bonchev–Trinajstić information content (AvgIpc) is 2.78. The Hall–Kier alpha value is -1.82. The van der Waals surface area contributed by atoms with Gasteiger partial charge >= 0.3 is 0 Å². The first-order valence-corrected chi connectivity index (χ1v) is 7.36. The van der Waals surface area contributed by atoms with Crippen LogP contribution in [0.5, 0.6) is 0 Å². The number of carbonyl (C=O) groups is 1. The summed E-state index contributed by atoms with van der Waals surface area (Å²) in [5.41, 5.74) is 1.74. The fourth-order valence-electron chi connectivity index (χ4n) is 2.12. The number of anilines is 1. The minimum absolute atomic E-state index is 0.207. The third kappa shape index (κ3) is 2.63. The summed E-state index contributed by atoms with van der Waals surface area (Å²) in [6.07, 6.45) is 3.12. The van der Waals surface area contributed by atoms with Crippen molar-refractivity contribution in [2.75, 3.05) is 5.32 Å². The number of aryl methyl sites for hydroxylation is 1. The summed E-state index contributed by atoms with van der Waals surface area (Å²) in [5, 5.41) is 3.69. The number of pyridine rings is 2. The van der Waals surface area contributed by atoms with Gasteiger partial charge in [0.15, 0.2) is 10.8 Å². The molecule has 112 valence electrons. The Kier molecular flexibility index (Phi) is 3.95. The molecular formula is C14H9Cl3N4O. The van der Waals surface area contributed by atoms with E-state index in [1.807, 2.05) is 0 Å². The van der Waals surface area contributed by atoms with Gasteiger partial charge < -0.3 is 5.32 Å². The van der Waals surface area contributed by atoms with Crippen LogP contribution in [0.25, 0.3) is 5.65 Å². The summed E-state index contributed by atoms with van der Waals surface area (Å²) in [5.74, 6) is -0.377. The fourth-order valence-corrected chi connectivity index (χ4v) is 2.80. The summed E-state index contributed by atoms with van der Waals surface area (Å²) in [6.45, 7) is 1.72. The highest BCUT2D eigenvalue weighted by Gasteiger charge is 2.19. The van der Waals surface area contributed by atoms with Crippen LogP contribution in [0.2, 0.25) is 15.2 Å². The molecule has 0 aliphatic rings. The SMILES string of the molecule is Cc1nc2c(Cl)cc(Cl)cn2c1C(=O)Nc1cccnc1Cl. The number of carbonyl (C=O) groups excluding carboxylic acids is 1. The van der Waals surface area contributed by atoms with E-state index in [9.17, 15) is 4.79 Å². The molecule has 3 heterocycles. The lowest BCUT2D eigenvalue weighted by molar-refractivity contribution is 0.102. The van der Waals surface area contributed by atoms with E-state index >= 15 is 0 Å². The largest absolute Gasteiger partial charge is 0.318 e. The second kappa shape index (κ2) is 5.76. The first-order chi connectivity index (χ1) is 10.5. The van der Waals surface area contributed by atoms with Gasteiger partial charge in [0.1, 0.15) is 5.69 Å². The molecule has 0 bridgehead atoms. The fraction of sp³-hybridized carbons (Fsp3) is 0.0714. The Balaban J connectivity index is 2.08. The predicted octanol–water partition coefficient (Wildman–Crippen LogP) is 4.25.